The molecule has 0 saturated heterocycles. The van der Waals surface area contributed by atoms with E-state index >= 15 is 0 Å². The first-order chi connectivity index (χ1) is 9.32. The first-order valence-electron chi connectivity index (χ1n) is 7.29. The van der Waals surface area contributed by atoms with Gasteiger partial charge in [0, 0.05) is 36.9 Å². The molecule has 0 aromatic heterocycles. The van der Waals surface area contributed by atoms with E-state index in [4.69, 9.17) is 10.2 Å². The van der Waals surface area contributed by atoms with Gasteiger partial charge in [0.1, 0.15) is 0 Å². The van der Waals surface area contributed by atoms with Crippen LogP contribution in [0.2, 0.25) is 0 Å². The van der Waals surface area contributed by atoms with Gasteiger partial charge in [0.15, 0.2) is 0 Å². The van der Waals surface area contributed by atoms with Gasteiger partial charge in [-0.2, -0.15) is 0 Å². The number of hydrogen-bond donors (Lipinski definition) is 2. The van der Waals surface area contributed by atoms with Crippen LogP contribution in [-0.2, 0) is 0 Å². The predicted octanol–water partition coefficient (Wildman–Crippen LogP) is 2.54. The summed E-state index contributed by atoms with van der Waals surface area (Å²) in [6.45, 7) is 0.173. The fraction of sp³-hybridized carbons (Fsp3) is 1.00. The van der Waals surface area contributed by atoms with Crippen molar-refractivity contribution in [1.29, 1.82) is 0 Å². The number of aliphatic hydroxyl groups excluding tert-OH is 2. The zero-order chi connectivity index (χ0) is 14.7. The van der Waals surface area contributed by atoms with Crippen LogP contribution in [0.4, 0.5) is 17.6 Å². The summed E-state index contributed by atoms with van der Waals surface area (Å²) in [6, 6.07) is 0. The van der Waals surface area contributed by atoms with E-state index in [9.17, 15) is 17.6 Å². The molecule has 0 amide bonds. The lowest BCUT2D eigenvalue weighted by Crippen LogP contribution is -2.10. The normalized spacial score (nSPS) is 48.9. The molecule has 4 fully saturated rings. The van der Waals surface area contributed by atoms with Crippen molar-refractivity contribution in [3.63, 3.8) is 0 Å². The van der Waals surface area contributed by atoms with Crippen molar-refractivity contribution in [2.75, 3.05) is 13.2 Å². The summed E-state index contributed by atoms with van der Waals surface area (Å²) < 4.78 is 49.9. The molecule has 6 heteroatoms. The summed E-state index contributed by atoms with van der Waals surface area (Å²) >= 11 is 0. The van der Waals surface area contributed by atoms with Gasteiger partial charge in [-0.1, -0.05) is 0 Å². The van der Waals surface area contributed by atoms with Gasteiger partial charge in [-0.05, 0) is 37.5 Å². The second-order valence-electron chi connectivity index (χ2n) is 6.82. The smallest absolute Gasteiger partial charge is 0.254 e. The highest BCUT2D eigenvalue weighted by molar-refractivity contribution is 5.11. The molecular weight excluding hydrogens is 276 g/mol. The summed E-state index contributed by atoms with van der Waals surface area (Å²) in [4.78, 5) is 0. The highest BCUT2D eigenvalue weighted by atomic mass is 19.3. The quantitative estimate of drug-likeness (QED) is 0.769. The zero-order valence-electron chi connectivity index (χ0n) is 11.1. The van der Waals surface area contributed by atoms with E-state index in [2.05, 4.69) is 0 Å². The minimum absolute atomic E-state index is 0.0864. The lowest BCUT2D eigenvalue weighted by Gasteiger charge is -2.09. The Morgan fingerprint density at radius 1 is 0.650 bits per heavy atom. The van der Waals surface area contributed by atoms with Crippen molar-refractivity contribution in [3.8, 4) is 0 Å². The SMILES string of the molecule is OCC1C[C@@H]2[C@H](C1)C2(F)F.OCC1C[C@@H]2[C@H](C1)C2(F)F. The molecule has 0 aromatic rings. The van der Waals surface area contributed by atoms with E-state index in [0.717, 1.165) is 0 Å². The minimum Gasteiger partial charge on any atom is -0.396 e. The topological polar surface area (TPSA) is 40.5 Å². The standard InChI is InChI=1S/2C7H10F2O/c2*8-7(9)5-1-4(3-10)2-6(5)7/h2*4-6,10H,1-3H2/t2*4?,5-,6+. The van der Waals surface area contributed by atoms with Crippen LogP contribution in [0, 0.1) is 35.5 Å². The van der Waals surface area contributed by atoms with Crippen LogP contribution in [-0.4, -0.2) is 35.3 Å². The van der Waals surface area contributed by atoms with Crippen molar-refractivity contribution in [2.24, 2.45) is 35.5 Å². The Labute approximate surface area is 115 Å². The van der Waals surface area contributed by atoms with Crippen molar-refractivity contribution in [2.45, 2.75) is 37.5 Å². The number of halogens is 4. The third kappa shape index (κ3) is 2.15. The molecule has 0 bridgehead atoms. The van der Waals surface area contributed by atoms with E-state index in [1.807, 2.05) is 0 Å². The summed E-state index contributed by atoms with van der Waals surface area (Å²) in [7, 11) is 0. The molecule has 2 N–H and O–H groups in total. The van der Waals surface area contributed by atoms with Crippen molar-refractivity contribution in [3.05, 3.63) is 0 Å². The summed E-state index contributed by atoms with van der Waals surface area (Å²) in [6.07, 6.45) is 2.14. The largest absolute Gasteiger partial charge is 0.396 e. The number of aliphatic hydroxyl groups is 2. The highest BCUT2D eigenvalue weighted by Crippen LogP contribution is 2.66. The first kappa shape index (κ1) is 14.6. The van der Waals surface area contributed by atoms with Gasteiger partial charge in [-0.25, -0.2) is 17.6 Å². The van der Waals surface area contributed by atoms with Crippen LogP contribution in [0.1, 0.15) is 25.7 Å². The fourth-order valence-corrected chi connectivity index (χ4v) is 4.13. The molecule has 0 spiro atoms. The maximum Gasteiger partial charge on any atom is 0.254 e. The van der Waals surface area contributed by atoms with E-state index in [-0.39, 0.29) is 48.7 Å². The minimum atomic E-state index is -2.37. The van der Waals surface area contributed by atoms with Crippen molar-refractivity contribution in [1.82, 2.24) is 0 Å². The third-order valence-electron chi connectivity index (χ3n) is 5.60. The van der Waals surface area contributed by atoms with Crippen molar-refractivity contribution >= 4 is 0 Å². The van der Waals surface area contributed by atoms with Crippen LogP contribution in [0.5, 0.6) is 0 Å². The van der Waals surface area contributed by atoms with Gasteiger partial charge in [-0.3, -0.25) is 0 Å². The van der Waals surface area contributed by atoms with E-state index < -0.39 is 11.8 Å². The summed E-state index contributed by atoms with van der Waals surface area (Å²) in [5.41, 5.74) is 0. The van der Waals surface area contributed by atoms with Crippen LogP contribution in [0.3, 0.4) is 0 Å². The monoisotopic (exact) mass is 296 g/mol. The molecule has 4 aliphatic carbocycles. The third-order valence-corrected chi connectivity index (χ3v) is 5.60. The number of rotatable bonds is 2. The lowest BCUT2D eigenvalue weighted by molar-refractivity contribution is 0.0557. The van der Waals surface area contributed by atoms with Crippen LogP contribution >= 0.6 is 0 Å². The molecule has 6 atom stereocenters. The van der Waals surface area contributed by atoms with E-state index in [0.29, 0.717) is 25.7 Å². The highest BCUT2D eigenvalue weighted by Gasteiger charge is 2.71. The zero-order valence-corrected chi connectivity index (χ0v) is 11.1. The fourth-order valence-electron chi connectivity index (χ4n) is 4.13. The molecule has 4 saturated carbocycles. The van der Waals surface area contributed by atoms with Gasteiger partial charge in [0.05, 0.1) is 0 Å². The number of fused-ring (bicyclic) bond motifs is 2. The molecule has 4 aliphatic rings. The van der Waals surface area contributed by atoms with E-state index in [1.165, 1.54) is 0 Å². The second-order valence-corrected chi connectivity index (χ2v) is 6.82. The molecule has 2 unspecified atom stereocenters. The number of alkyl halides is 4. The molecule has 20 heavy (non-hydrogen) atoms. The van der Waals surface area contributed by atoms with E-state index in [1.54, 1.807) is 0 Å². The number of hydrogen-bond acceptors (Lipinski definition) is 2. The Morgan fingerprint density at radius 2 is 0.900 bits per heavy atom. The second kappa shape index (κ2) is 4.57. The van der Waals surface area contributed by atoms with Crippen LogP contribution in [0.15, 0.2) is 0 Å². The molecular formula is C14H20F4O2. The molecule has 116 valence electrons. The maximum absolute atomic E-state index is 12.5. The Balaban J connectivity index is 0.000000121. The van der Waals surface area contributed by atoms with Gasteiger partial charge in [-0.15, -0.1) is 0 Å². The predicted molar refractivity (Wildman–Crippen MR) is 63.5 cm³/mol. The molecule has 0 aliphatic heterocycles. The molecule has 0 radical (unpaired) electrons. The van der Waals surface area contributed by atoms with Crippen LogP contribution in [0.25, 0.3) is 0 Å². The Kier molecular flexibility index (Phi) is 3.33. The molecule has 2 nitrogen and oxygen atoms in total. The summed E-state index contributed by atoms with van der Waals surface area (Å²) in [5.74, 6) is -5.95. The first-order valence-corrected chi connectivity index (χ1v) is 7.29. The molecule has 4 rings (SSSR count). The molecule has 0 aromatic carbocycles. The van der Waals surface area contributed by atoms with Gasteiger partial charge < -0.3 is 10.2 Å². The summed E-state index contributed by atoms with van der Waals surface area (Å²) in [5, 5.41) is 17.3. The average molecular weight is 296 g/mol. The Bertz CT molecular complexity index is 323. The van der Waals surface area contributed by atoms with Gasteiger partial charge in [0.25, 0.3) is 11.8 Å². The van der Waals surface area contributed by atoms with Gasteiger partial charge >= 0.3 is 0 Å². The average Bonchev–Trinajstić information content (AvgIpc) is 3.02. The Morgan fingerprint density at radius 3 is 1.10 bits per heavy atom. The Hall–Kier alpha value is -0.360. The van der Waals surface area contributed by atoms with Crippen LogP contribution < -0.4 is 0 Å². The van der Waals surface area contributed by atoms with Gasteiger partial charge in [0.2, 0.25) is 0 Å². The lowest BCUT2D eigenvalue weighted by atomic mass is 10.0. The molecule has 0 heterocycles. The maximum atomic E-state index is 12.5. The van der Waals surface area contributed by atoms with Crippen molar-refractivity contribution < 1.29 is 27.8 Å².